The molecule has 0 aromatic carbocycles. The van der Waals surface area contributed by atoms with Gasteiger partial charge in [0.15, 0.2) is 0 Å². The number of likely N-dealkylation sites (tertiary alicyclic amines) is 1. The molecule has 8 heteroatoms. The van der Waals surface area contributed by atoms with E-state index >= 15 is 0 Å². The van der Waals surface area contributed by atoms with Gasteiger partial charge >= 0.3 is 0 Å². The molecule has 0 radical (unpaired) electrons. The smallest absolute Gasteiger partial charge is 0.0239 e. The van der Waals surface area contributed by atoms with Crippen LogP contribution < -0.4 is 0 Å². The van der Waals surface area contributed by atoms with E-state index in [1.165, 1.54) is 78.0 Å². The van der Waals surface area contributed by atoms with Gasteiger partial charge in [-0.25, -0.2) is 12.9 Å². The molecule has 3 heterocycles. The van der Waals surface area contributed by atoms with Gasteiger partial charge in [-0.3, -0.25) is 4.31 Å². The van der Waals surface area contributed by atoms with Crippen molar-refractivity contribution in [1.82, 2.24) is 22.1 Å². The minimum absolute atomic E-state index is 0.814. The van der Waals surface area contributed by atoms with Gasteiger partial charge in [0.05, 0.1) is 0 Å². The van der Waals surface area contributed by atoms with Crippen LogP contribution in [0, 0.1) is 0 Å². The maximum atomic E-state index is 2.63. The van der Waals surface area contributed by atoms with Crippen LogP contribution in [0.3, 0.4) is 0 Å². The number of piperidine rings is 2. The summed E-state index contributed by atoms with van der Waals surface area (Å²) in [4.78, 5) is 2.46. The second kappa shape index (κ2) is 29.4. The lowest BCUT2D eigenvalue weighted by Gasteiger charge is -2.39. The Hall–Kier alpha value is 0.850. The first-order valence-corrected chi connectivity index (χ1v) is 17.1. The van der Waals surface area contributed by atoms with Crippen LogP contribution in [-0.2, 0) is 0 Å². The molecule has 3 aliphatic rings. The van der Waals surface area contributed by atoms with E-state index in [2.05, 4.69) is 55.2 Å². The predicted octanol–water partition coefficient (Wildman–Crippen LogP) is 7.71. The van der Waals surface area contributed by atoms with Crippen LogP contribution in [0.25, 0.3) is 0 Å². The van der Waals surface area contributed by atoms with Crippen molar-refractivity contribution >= 4 is 36.0 Å². The standard InChI is InChI=1S/C17H35N5S3.5C2H6/c1-18(2)23-16-6-10-21(11-7-16)25-22-14-12-20(13-15-22)24-17-4-8-19(3)9-5-17;5*1-2/h16-17H,4-15H2,1-3H3;5*1-2H3. The molecule has 0 unspecified atom stereocenters. The zero-order valence-corrected chi connectivity index (χ0v) is 28.6. The van der Waals surface area contributed by atoms with Gasteiger partial charge in [-0.2, -0.15) is 0 Å². The van der Waals surface area contributed by atoms with Crippen LogP contribution in [0.15, 0.2) is 0 Å². The molecule has 0 aromatic rings. The molecule has 3 rings (SSSR count). The van der Waals surface area contributed by atoms with E-state index in [4.69, 9.17) is 0 Å². The van der Waals surface area contributed by atoms with E-state index in [0.717, 1.165) is 10.5 Å². The lowest BCUT2D eigenvalue weighted by molar-refractivity contribution is 0.271. The summed E-state index contributed by atoms with van der Waals surface area (Å²) in [5, 5.41) is 1.67. The van der Waals surface area contributed by atoms with Crippen LogP contribution in [0.2, 0.25) is 0 Å². The largest absolute Gasteiger partial charge is 0.306 e. The highest BCUT2D eigenvalue weighted by Gasteiger charge is 2.26. The highest BCUT2D eigenvalue weighted by atomic mass is 32.2. The average Bonchev–Trinajstić information content (AvgIpc) is 2.93. The topological polar surface area (TPSA) is 16.2 Å². The van der Waals surface area contributed by atoms with Crippen molar-refractivity contribution in [2.75, 3.05) is 73.5 Å². The van der Waals surface area contributed by atoms with Crippen molar-refractivity contribution in [2.24, 2.45) is 0 Å². The highest BCUT2D eigenvalue weighted by Crippen LogP contribution is 2.31. The van der Waals surface area contributed by atoms with Gasteiger partial charge in [-0.1, -0.05) is 93.1 Å². The summed E-state index contributed by atoms with van der Waals surface area (Å²) in [5.74, 6) is 0. The normalized spacial score (nSPS) is 20.4. The molecular formula is C27H65N5S3. The molecule has 0 amide bonds. The first-order valence-electron chi connectivity index (χ1n) is 14.7. The Balaban J connectivity index is -0.000000912. The monoisotopic (exact) mass is 555 g/mol. The lowest BCUT2D eigenvalue weighted by Crippen LogP contribution is -2.44. The predicted molar refractivity (Wildman–Crippen MR) is 171 cm³/mol. The van der Waals surface area contributed by atoms with Crippen LogP contribution in [0.1, 0.15) is 94.9 Å². The minimum atomic E-state index is 0.814. The average molecular weight is 556 g/mol. The SMILES string of the molecule is CC.CC.CC.CC.CC.CN1CCC(SN2CCN(SN3CCC(SN(C)C)CC3)CC2)CC1. The Labute approximate surface area is 236 Å². The molecule has 3 fully saturated rings. The second-order valence-electron chi connectivity index (χ2n) is 7.59. The summed E-state index contributed by atoms with van der Waals surface area (Å²) in [6, 6.07) is 0. The number of rotatable bonds is 6. The molecule has 35 heavy (non-hydrogen) atoms. The van der Waals surface area contributed by atoms with E-state index in [1.54, 1.807) is 0 Å². The Bertz CT molecular complexity index is 381. The molecule has 3 saturated heterocycles. The zero-order chi connectivity index (χ0) is 27.6. The van der Waals surface area contributed by atoms with Crippen molar-refractivity contribution in [2.45, 2.75) is 105 Å². The van der Waals surface area contributed by atoms with Crippen molar-refractivity contribution in [3.8, 4) is 0 Å². The van der Waals surface area contributed by atoms with Crippen LogP contribution in [-0.4, -0.2) is 106 Å². The maximum Gasteiger partial charge on any atom is 0.0239 e. The van der Waals surface area contributed by atoms with Gasteiger partial charge in [-0.05, 0) is 59.9 Å². The number of nitrogens with zero attached hydrogens (tertiary/aromatic N) is 5. The fraction of sp³-hybridized carbons (Fsp3) is 1.00. The lowest BCUT2D eigenvalue weighted by atomic mass is 10.1. The molecule has 5 nitrogen and oxygen atoms in total. The van der Waals surface area contributed by atoms with Gasteiger partial charge in [-0.15, -0.1) is 0 Å². The number of piperazine rings is 1. The van der Waals surface area contributed by atoms with E-state index < -0.39 is 0 Å². The van der Waals surface area contributed by atoms with Gasteiger partial charge < -0.3 is 4.90 Å². The summed E-state index contributed by atoms with van der Waals surface area (Å²) in [5.41, 5.74) is 0. The molecule has 3 aliphatic heterocycles. The van der Waals surface area contributed by atoms with Crippen molar-refractivity contribution < 1.29 is 0 Å². The van der Waals surface area contributed by atoms with Crippen molar-refractivity contribution in [3.63, 3.8) is 0 Å². The minimum Gasteiger partial charge on any atom is -0.306 e. The van der Waals surface area contributed by atoms with E-state index in [9.17, 15) is 0 Å². The zero-order valence-electron chi connectivity index (χ0n) is 26.1. The molecule has 0 aromatic heterocycles. The molecule has 0 saturated carbocycles. The second-order valence-corrected chi connectivity index (χ2v) is 11.8. The Kier molecular flexibility index (Phi) is 33.9. The van der Waals surface area contributed by atoms with E-state index in [1.807, 2.05) is 93.3 Å². The Morgan fingerprint density at radius 3 is 1.31 bits per heavy atom. The van der Waals surface area contributed by atoms with E-state index in [0.29, 0.717) is 0 Å². The molecule has 0 aliphatic carbocycles. The third-order valence-electron chi connectivity index (χ3n) is 5.15. The van der Waals surface area contributed by atoms with E-state index in [-0.39, 0.29) is 0 Å². The number of hydrogen-bond acceptors (Lipinski definition) is 8. The third kappa shape index (κ3) is 20.5. The van der Waals surface area contributed by atoms with Crippen LogP contribution in [0.5, 0.6) is 0 Å². The quantitative estimate of drug-likeness (QED) is 0.306. The maximum absolute atomic E-state index is 2.63. The molecule has 0 atom stereocenters. The molecule has 0 bridgehead atoms. The van der Waals surface area contributed by atoms with Gasteiger partial charge in [0.2, 0.25) is 0 Å². The van der Waals surface area contributed by atoms with Crippen molar-refractivity contribution in [1.29, 1.82) is 0 Å². The highest BCUT2D eigenvalue weighted by molar-refractivity contribution is 7.97. The first-order chi connectivity index (χ1) is 17.1. The molecule has 0 spiro atoms. The fourth-order valence-electron chi connectivity index (χ4n) is 3.64. The first kappa shape index (κ1) is 40.3. The van der Waals surface area contributed by atoms with Crippen LogP contribution >= 0.6 is 36.0 Å². The van der Waals surface area contributed by atoms with Gasteiger partial charge in [0.25, 0.3) is 0 Å². The Morgan fingerprint density at radius 1 is 0.514 bits per heavy atom. The van der Waals surface area contributed by atoms with Gasteiger partial charge in [0.1, 0.15) is 0 Å². The third-order valence-corrected chi connectivity index (χ3v) is 8.97. The summed E-state index contributed by atoms with van der Waals surface area (Å²) in [6.45, 7) is 29.9. The summed E-state index contributed by atoms with van der Waals surface area (Å²) >= 11 is 6.17. The Morgan fingerprint density at radius 2 is 0.886 bits per heavy atom. The summed E-state index contributed by atoms with van der Waals surface area (Å²) < 4.78 is 10.1. The molecule has 216 valence electrons. The fourth-order valence-corrected chi connectivity index (χ4v) is 6.90. The molecule has 0 N–H and O–H groups in total. The number of hydrogen-bond donors (Lipinski definition) is 0. The van der Waals surface area contributed by atoms with Gasteiger partial charge in [0, 0.05) is 61.9 Å². The van der Waals surface area contributed by atoms with Crippen molar-refractivity contribution in [3.05, 3.63) is 0 Å². The molecular weight excluding hydrogens is 491 g/mol. The summed E-state index contributed by atoms with van der Waals surface area (Å²) in [7, 11) is 6.57. The summed E-state index contributed by atoms with van der Waals surface area (Å²) in [6.07, 6.45) is 5.36. The van der Waals surface area contributed by atoms with Crippen LogP contribution in [0.4, 0.5) is 0 Å².